The molecule has 1 N–H and O–H groups in total. The van der Waals surface area contributed by atoms with Gasteiger partial charge in [-0.05, 0) is 37.0 Å². The molecule has 1 aliphatic heterocycles. The molecule has 1 atom stereocenters. The van der Waals surface area contributed by atoms with Crippen LogP contribution in [0.1, 0.15) is 24.8 Å². The van der Waals surface area contributed by atoms with Gasteiger partial charge in [0.05, 0.1) is 20.3 Å². The number of ether oxygens (including phenoxy) is 3. The van der Waals surface area contributed by atoms with Crippen LogP contribution < -0.4 is 14.8 Å². The SMILES string of the molecule is COc1cc(Br)c(CNCC2CCCCO2)cc1OC. The Hall–Kier alpha value is -0.780. The van der Waals surface area contributed by atoms with Crippen molar-refractivity contribution in [1.29, 1.82) is 0 Å². The van der Waals surface area contributed by atoms with Crippen molar-refractivity contribution in [1.82, 2.24) is 5.32 Å². The summed E-state index contributed by atoms with van der Waals surface area (Å²) < 4.78 is 17.3. The number of benzene rings is 1. The fraction of sp³-hybridized carbons (Fsp3) is 0.600. The maximum absolute atomic E-state index is 5.71. The molecule has 1 aromatic rings. The van der Waals surface area contributed by atoms with Crippen LogP contribution >= 0.6 is 15.9 Å². The first-order valence-electron chi connectivity index (χ1n) is 6.97. The van der Waals surface area contributed by atoms with E-state index in [-0.39, 0.29) is 0 Å². The van der Waals surface area contributed by atoms with E-state index in [0.29, 0.717) is 6.10 Å². The van der Waals surface area contributed by atoms with Gasteiger partial charge in [0.15, 0.2) is 11.5 Å². The summed E-state index contributed by atoms with van der Waals surface area (Å²) in [6.07, 6.45) is 3.97. The molecule has 0 radical (unpaired) electrons. The lowest BCUT2D eigenvalue weighted by Gasteiger charge is -2.23. The highest BCUT2D eigenvalue weighted by Gasteiger charge is 2.14. The van der Waals surface area contributed by atoms with E-state index in [2.05, 4.69) is 21.2 Å². The van der Waals surface area contributed by atoms with Crippen LogP contribution in [0.4, 0.5) is 0 Å². The van der Waals surface area contributed by atoms with Crippen molar-refractivity contribution in [3.05, 3.63) is 22.2 Å². The standard InChI is InChI=1S/C15H22BrNO3/c1-18-14-7-11(13(16)8-15(14)19-2)9-17-10-12-5-3-4-6-20-12/h7-8,12,17H,3-6,9-10H2,1-2H3. The molecular formula is C15H22BrNO3. The third-order valence-electron chi connectivity index (χ3n) is 3.51. The van der Waals surface area contributed by atoms with E-state index in [9.17, 15) is 0 Å². The quantitative estimate of drug-likeness (QED) is 0.861. The lowest BCUT2D eigenvalue weighted by atomic mass is 10.1. The Balaban J connectivity index is 1.91. The summed E-state index contributed by atoms with van der Waals surface area (Å²) in [5.41, 5.74) is 1.15. The molecule has 0 spiro atoms. The zero-order valence-electron chi connectivity index (χ0n) is 12.1. The molecule has 20 heavy (non-hydrogen) atoms. The zero-order valence-corrected chi connectivity index (χ0v) is 13.7. The monoisotopic (exact) mass is 343 g/mol. The second-order valence-corrected chi connectivity index (χ2v) is 5.77. The smallest absolute Gasteiger partial charge is 0.161 e. The van der Waals surface area contributed by atoms with E-state index in [0.717, 1.165) is 47.7 Å². The maximum atomic E-state index is 5.71. The van der Waals surface area contributed by atoms with Gasteiger partial charge in [-0.25, -0.2) is 0 Å². The van der Waals surface area contributed by atoms with Gasteiger partial charge in [-0.15, -0.1) is 0 Å². The Labute approximate surface area is 128 Å². The molecule has 1 unspecified atom stereocenters. The molecule has 0 saturated carbocycles. The van der Waals surface area contributed by atoms with Crippen molar-refractivity contribution in [3.8, 4) is 11.5 Å². The molecule has 2 rings (SSSR count). The minimum absolute atomic E-state index is 0.350. The molecule has 0 amide bonds. The van der Waals surface area contributed by atoms with Crippen molar-refractivity contribution < 1.29 is 14.2 Å². The fourth-order valence-corrected chi connectivity index (χ4v) is 2.83. The summed E-state index contributed by atoms with van der Waals surface area (Å²) in [5, 5.41) is 3.45. The first kappa shape index (κ1) is 15.6. The Bertz CT molecular complexity index is 433. The Kier molecular flexibility index (Phi) is 6.13. The second kappa shape index (κ2) is 7.86. The summed E-state index contributed by atoms with van der Waals surface area (Å²) >= 11 is 3.57. The number of methoxy groups -OCH3 is 2. The summed E-state index contributed by atoms with van der Waals surface area (Å²) in [7, 11) is 3.29. The molecule has 0 aliphatic carbocycles. The number of nitrogens with one attached hydrogen (secondary N) is 1. The van der Waals surface area contributed by atoms with Crippen LogP contribution in [-0.4, -0.2) is 33.5 Å². The van der Waals surface area contributed by atoms with Gasteiger partial charge in [0, 0.05) is 24.2 Å². The molecule has 5 heteroatoms. The van der Waals surface area contributed by atoms with Gasteiger partial charge in [-0.1, -0.05) is 15.9 Å². The van der Waals surface area contributed by atoms with Crippen LogP contribution in [0, 0.1) is 0 Å². The van der Waals surface area contributed by atoms with Gasteiger partial charge < -0.3 is 19.5 Å². The minimum Gasteiger partial charge on any atom is -0.493 e. The first-order chi connectivity index (χ1) is 9.74. The number of hydrogen-bond acceptors (Lipinski definition) is 4. The maximum Gasteiger partial charge on any atom is 0.161 e. The average Bonchev–Trinajstić information content (AvgIpc) is 2.49. The van der Waals surface area contributed by atoms with Crippen molar-refractivity contribution in [3.63, 3.8) is 0 Å². The Morgan fingerprint density at radius 2 is 2.00 bits per heavy atom. The molecule has 1 fully saturated rings. The Morgan fingerprint density at radius 3 is 2.65 bits per heavy atom. The van der Waals surface area contributed by atoms with E-state index in [1.165, 1.54) is 12.8 Å². The topological polar surface area (TPSA) is 39.7 Å². The first-order valence-corrected chi connectivity index (χ1v) is 7.76. The van der Waals surface area contributed by atoms with Crippen LogP contribution in [0.3, 0.4) is 0 Å². The lowest BCUT2D eigenvalue weighted by molar-refractivity contribution is 0.0168. The highest BCUT2D eigenvalue weighted by molar-refractivity contribution is 9.10. The van der Waals surface area contributed by atoms with Crippen LogP contribution in [0.5, 0.6) is 11.5 Å². The molecule has 1 aromatic carbocycles. The molecule has 112 valence electrons. The normalized spacial score (nSPS) is 18.9. The molecule has 4 nitrogen and oxygen atoms in total. The minimum atomic E-state index is 0.350. The highest BCUT2D eigenvalue weighted by atomic mass is 79.9. The molecular weight excluding hydrogens is 322 g/mol. The van der Waals surface area contributed by atoms with Gasteiger partial charge in [-0.3, -0.25) is 0 Å². The van der Waals surface area contributed by atoms with E-state index in [4.69, 9.17) is 14.2 Å². The highest BCUT2D eigenvalue weighted by Crippen LogP contribution is 2.33. The number of rotatable bonds is 6. The third-order valence-corrected chi connectivity index (χ3v) is 4.25. The Morgan fingerprint density at radius 1 is 1.25 bits per heavy atom. The van der Waals surface area contributed by atoms with Gasteiger partial charge in [0.1, 0.15) is 0 Å². The molecule has 0 aromatic heterocycles. The third kappa shape index (κ3) is 4.11. The second-order valence-electron chi connectivity index (χ2n) is 4.92. The van der Waals surface area contributed by atoms with Gasteiger partial charge in [0.2, 0.25) is 0 Å². The summed E-state index contributed by atoms with van der Waals surface area (Å²) in [6, 6.07) is 3.94. The van der Waals surface area contributed by atoms with Crippen LogP contribution in [0.15, 0.2) is 16.6 Å². The number of halogens is 1. The van der Waals surface area contributed by atoms with Gasteiger partial charge >= 0.3 is 0 Å². The molecule has 0 bridgehead atoms. The summed E-state index contributed by atoms with van der Waals surface area (Å²) in [6.45, 7) is 2.56. The van der Waals surface area contributed by atoms with Crippen molar-refractivity contribution in [2.75, 3.05) is 27.4 Å². The molecule has 1 saturated heterocycles. The summed E-state index contributed by atoms with van der Waals surface area (Å²) in [5.74, 6) is 1.49. The van der Waals surface area contributed by atoms with Crippen molar-refractivity contribution >= 4 is 15.9 Å². The van der Waals surface area contributed by atoms with E-state index in [1.54, 1.807) is 14.2 Å². The van der Waals surface area contributed by atoms with E-state index >= 15 is 0 Å². The van der Waals surface area contributed by atoms with E-state index < -0.39 is 0 Å². The van der Waals surface area contributed by atoms with Crippen LogP contribution in [0.25, 0.3) is 0 Å². The fourth-order valence-electron chi connectivity index (χ4n) is 2.37. The predicted octanol–water partition coefficient (Wildman–Crippen LogP) is 3.13. The predicted molar refractivity (Wildman–Crippen MR) is 82.5 cm³/mol. The average molecular weight is 344 g/mol. The van der Waals surface area contributed by atoms with Crippen LogP contribution in [0.2, 0.25) is 0 Å². The van der Waals surface area contributed by atoms with Crippen molar-refractivity contribution in [2.24, 2.45) is 0 Å². The number of hydrogen-bond donors (Lipinski definition) is 1. The van der Waals surface area contributed by atoms with Crippen molar-refractivity contribution in [2.45, 2.75) is 31.9 Å². The molecule has 1 aliphatic rings. The molecule has 1 heterocycles. The van der Waals surface area contributed by atoms with E-state index in [1.807, 2.05) is 12.1 Å². The largest absolute Gasteiger partial charge is 0.493 e. The summed E-state index contributed by atoms with van der Waals surface area (Å²) in [4.78, 5) is 0. The van der Waals surface area contributed by atoms with Crippen LogP contribution in [-0.2, 0) is 11.3 Å². The zero-order chi connectivity index (χ0) is 14.4. The van der Waals surface area contributed by atoms with Gasteiger partial charge in [0.25, 0.3) is 0 Å². The lowest BCUT2D eigenvalue weighted by Crippen LogP contribution is -2.31. The van der Waals surface area contributed by atoms with Gasteiger partial charge in [-0.2, -0.15) is 0 Å².